The zero-order chi connectivity index (χ0) is 23.3. The van der Waals surface area contributed by atoms with Crippen molar-refractivity contribution in [3.63, 3.8) is 0 Å². The minimum atomic E-state index is -0.466. The Morgan fingerprint density at radius 2 is 2.06 bits per heavy atom. The number of Topliss-reactive ketones (excluding diaryl/α,β-unsaturated/α-hetero) is 1. The maximum absolute atomic E-state index is 13.4. The SMILES string of the molecule is Cc1cc(NC(=O)N2CCC(C(=O)C(=Nc3ccc(F)c(Br)c3)NO)CC2)cnc1C#N. The Morgan fingerprint density at radius 3 is 2.66 bits per heavy atom. The molecule has 3 rings (SSSR count). The van der Waals surface area contributed by atoms with Crippen molar-refractivity contribution in [1.29, 1.82) is 5.26 Å². The summed E-state index contributed by atoms with van der Waals surface area (Å²) in [5.74, 6) is -1.53. The van der Waals surface area contributed by atoms with Crippen molar-refractivity contribution in [2.24, 2.45) is 10.9 Å². The average Bonchev–Trinajstić information content (AvgIpc) is 2.79. The van der Waals surface area contributed by atoms with Gasteiger partial charge in [-0.25, -0.2) is 24.6 Å². The summed E-state index contributed by atoms with van der Waals surface area (Å²) in [6.07, 6.45) is 2.21. The van der Waals surface area contributed by atoms with Gasteiger partial charge in [0.15, 0.2) is 5.84 Å². The van der Waals surface area contributed by atoms with Crippen LogP contribution in [0.5, 0.6) is 0 Å². The van der Waals surface area contributed by atoms with Crippen LogP contribution in [0.2, 0.25) is 0 Å². The lowest BCUT2D eigenvalue weighted by molar-refractivity contribution is -0.118. The standard InChI is InChI=1S/C21H20BrFN6O3/c1-12-8-15(11-25-18(12)10-24)27-21(31)29-6-4-13(5-7-29)19(30)20(28-32)26-14-2-3-17(23)16(22)9-14/h2-3,8-9,11,13,32H,4-7H2,1H3,(H,26,28)(H,27,31). The number of hydrogen-bond donors (Lipinski definition) is 3. The normalized spacial score (nSPS) is 14.6. The first-order chi connectivity index (χ1) is 15.3. The van der Waals surface area contributed by atoms with Gasteiger partial charge in [0, 0.05) is 19.0 Å². The van der Waals surface area contributed by atoms with E-state index in [2.05, 4.69) is 31.2 Å². The molecule has 3 N–H and O–H groups in total. The van der Waals surface area contributed by atoms with Crippen LogP contribution in [0, 0.1) is 30.0 Å². The van der Waals surface area contributed by atoms with Crippen LogP contribution >= 0.6 is 15.9 Å². The Kier molecular flexibility index (Phi) is 7.50. The van der Waals surface area contributed by atoms with Gasteiger partial charge < -0.3 is 10.2 Å². The zero-order valence-corrected chi connectivity index (χ0v) is 18.7. The molecule has 1 fully saturated rings. The summed E-state index contributed by atoms with van der Waals surface area (Å²) in [6.45, 7) is 2.41. The third kappa shape index (κ3) is 5.46. The van der Waals surface area contributed by atoms with Gasteiger partial charge >= 0.3 is 6.03 Å². The van der Waals surface area contributed by atoms with E-state index in [0.717, 1.165) is 0 Å². The third-order valence-electron chi connectivity index (χ3n) is 5.07. The smallest absolute Gasteiger partial charge is 0.321 e. The number of nitrogens with one attached hydrogen (secondary N) is 2. The molecule has 0 unspecified atom stereocenters. The molecule has 1 aliphatic heterocycles. The average molecular weight is 503 g/mol. The van der Waals surface area contributed by atoms with Gasteiger partial charge in [-0.3, -0.25) is 10.0 Å². The van der Waals surface area contributed by atoms with E-state index in [9.17, 15) is 19.2 Å². The van der Waals surface area contributed by atoms with E-state index in [-0.39, 0.29) is 22.1 Å². The lowest BCUT2D eigenvalue weighted by Crippen LogP contribution is -2.44. The number of rotatable bonds is 4. The fourth-order valence-corrected chi connectivity index (χ4v) is 3.69. The van der Waals surface area contributed by atoms with E-state index in [1.165, 1.54) is 24.4 Å². The van der Waals surface area contributed by atoms with Gasteiger partial charge in [-0.15, -0.1) is 0 Å². The Labute approximate surface area is 192 Å². The summed E-state index contributed by atoms with van der Waals surface area (Å²) in [5, 5.41) is 21.1. The van der Waals surface area contributed by atoms with Crippen molar-refractivity contribution >= 4 is 45.0 Å². The van der Waals surface area contributed by atoms with Crippen LogP contribution in [0.3, 0.4) is 0 Å². The predicted molar refractivity (Wildman–Crippen MR) is 118 cm³/mol. The van der Waals surface area contributed by atoms with Crippen molar-refractivity contribution in [2.75, 3.05) is 18.4 Å². The summed E-state index contributed by atoms with van der Waals surface area (Å²) in [7, 11) is 0. The second kappa shape index (κ2) is 10.3. The molecule has 166 valence electrons. The number of hydroxylamine groups is 1. The van der Waals surface area contributed by atoms with Crippen molar-refractivity contribution in [3.8, 4) is 6.07 Å². The number of amides is 2. The number of halogens is 2. The molecular weight excluding hydrogens is 483 g/mol. The van der Waals surface area contributed by atoms with Crippen LogP contribution in [-0.4, -0.2) is 45.8 Å². The van der Waals surface area contributed by atoms with Gasteiger partial charge in [0.2, 0.25) is 5.78 Å². The number of hydrogen-bond acceptors (Lipinski definition) is 6. The van der Waals surface area contributed by atoms with E-state index in [0.29, 0.717) is 48.6 Å². The van der Waals surface area contributed by atoms with Gasteiger partial charge in [0.25, 0.3) is 0 Å². The monoisotopic (exact) mass is 502 g/mol. The fraction of sp³-hybridized carbons (Fsp3) is 0.286. The number of carbonyl (C=O) groups excluding carboxylic acids is 2. The van der Waals surface area contributed by atoms with Gasteiger partial charge in [0.1, 0.15) is 17.6 Å². The summed E-state index contributed by atoms with van der Waals surface area (Å²) < 4.78 is 13.6. The Morgan fingerprint density at radius 1 is 1.34 bits per heavy atom. The van der Waals surface area contributed by atoms with Crippen molar-refractivity contribution in [1.82, 2.24) is 15.4 Å². The number of urea groups is 1. The summed E-state index contributed by atoms with van der Waals surface area (Å²) in [6, 6.07) is 7.29. The summed E-state index contributed by atoms with van der Waals surface area (Å²) in [5.41, 5.74) is 3.56. The van der Waals surface area contributed by atoms with Crippen LogP contribution in [0.1, 0.15) is 24.1 Å². The predicted octanol–water partition coefficient (Wildman–Crippen LogP) is 3.69. The molecule has 1 aromatic carbocycles. The topological polar surface area (TPSA) is 131 Å². The largest absolute Gasteiger partial charge is 0.324 e. The number of pyridine rings is 1. The lowest BCUT2D eigenvalue weighted by atomic mass is 9.92. The second-order valence-electron chi connectivity index (χ2n) is 7.23. The number of aromatic nitrogens is 1. The van der Waals surface area contributed by atoms with E-state index in [1.807, 2.05) is 11.5 Å². The molecule has 2 amide bonds. The first-order valence-corrected chi connectivity index (χ1v) is 10.5. The molecule has 2 heterocycles. The van der Waals surface area contributed by atoms with Crippen LogP contribution in [0.4, 0.5) is 20.6 Å². The molecule has 0 spiro atoms. The number of carbonyl (C=O) groups is 2. The number of amidine groups is 1. The van der Waals surface area contributed by atoms with E-state index >= 15 is 0 Å². The van der Waals surface area contributed by atoms with Gasteiger partial charge in [0.05, 0.1) is 22.0 Å². The number of aliphatic imine (C=N–C) groups is 1. The number of nitrogens with zero attached hydrogens (tertiary/aromatic N) is 4. The first-order valence-electron chi connectivity index (χ1n) is 9.73. The summed E-state index contributed by atoms with van der Waals surface area (Å²) >= 11 is 3.05. The number of aryl methyl sites for hydroxylation is 1. The molecule has 1 saturated heterocycles. The second-order valence-corrected chi connectivity index (χ2v) is 8.08. The molecule has 0 bridgehead atoms. The number of piperidine rings is 1. The quantitative estimate of drug-likeness (QED) is 0.332. The highest BCUT2D eigenvalue weighted by Crippen LogP contribution is 2.24. The molecule has 0 aliphatic carbocycles. The van der Waals surface area contributed by atoms with Crippen LogP contribution in [0.25, 0.3) is 0 Å². The van der Waals surface area contributed by atoms with Gasteiger partial charge in [-0.2, -0.15) is 5.26 Å². The molecule has 1 aromatic heterocycles. The maximum atomic E-state index is 13.4. The maximum Gasteiger partial charge on any atom is 0.321 e. The zero-order valence-electron chi connectivity index (χ0n) is 17.1. The third-order valence-corrected chi connectivity index (χ3v) is 5.68. The highest BCUT2D eigenvalue weighted by atomic mass is 79.9. The lowest BCUT2D eigenvalue weighted by Gasteiger charge is -2.31. The fourth-order valence-electron chi connectivity index (χ4n) is 3.32. The Hall–Kier alpha value is -3.36. The van der Waals surface area contributed by atoms with E-state index < -0.39 is 11.7 Å². The minimum absolute atomic E-state index is 0.190. The van der Waals surface area contributed by atoms with E-state index in [1.54, 1.807) is 17.9 Å². The number of benzene rings is 1. The first kappa shape index (κ1) is 23.3. The number of anilines is 1. The summed E-state index contributed by atoms with van der Waals surface area (Å²) in [4.78, 5) is 34.9. The highest BCUT2D eigenvalue weighted by molar-refractivity contribution is 9.10. The molecule has 0 radical (unpaired) electrons. The minimum Gasteiger partial charge on any atom is -0.324 e. The number of likely N-dealkylation sites (tertiary alicyclic amines) is 1. The Balaban J connectivity index is 1.60. The molecule has 32 heavy (non-hydrogen) atoms. The molecule has 9 nitrogen and oxygen atoms in total. The number of ketones is 1. The van der Waals surface area contributed by atoms with Gasteiger partial charge in [-0.05, 0) is 65.5 Å². The molecule has 0 saturated carbocycles. The molecule has 0 atom stereocenters. The van der Waals surface area contributed by atoms with Crippen LogP contribution < -0.4 is 10.8 Å². The molecular formula is C21H20BrFN6O3. The van der Waals surface area contributed by atoms with Gasteiger partial charge in [-0.1, -0.05) is 0 Å². The van der Waals surface area contributed by atoms with Crippen molar-refractivity contribution < 1.29 is 19.2 Å². The van der Waals surface area contributed by atoms with E-state index in [4.69, 9.17) is 5.26 Å². The van der Waals surface area contributed by atoms with Crippen molar-refractivity contribution in [2.45, 2.75) is 19.8 Å². The molecule has 11 heteroatoms. The van der Waals surface area contributed by atoms with Crippen LogP contribution in [0.15, 0.2) is 39.9 Å². The molecule has 1 aliphatic rings. The van der Waals surface area contributed by atoms with Crippen molar-refractivity contribution in [3.05, 3.63) is 52.0 Å². The number of nitriles is 1. The Bertz CT molecular complexity index is 1110. The molecule has 2 aromatic rings. The van der Waals surface area contributed by atoms with Crippen LogP contribution in [-0.2, 0) is 4.79 Å². The highest BCUT2D eigenvalue weighted by Gasteiger charge is 2.30.